The molecular formula is C17H25IN8S. The fraction of sp³-hybridized carbons (Fsp3) is 0.412. The lowest BCUT2D eigenvalue weighted by atomic mass is 10.3. The van der Waals surface area contributed by atoms with Crippen LogP contribution in [-0.4, -0.2) is 52.4 Å². The van der Waals surface area contributed by atoms with Crippen LogP contribution in [0.25, 0.3) is 10.2 Å². The van der Waals surface area contributed by atoms with Crippen molar-refractivity contribution in [3.8, 4) is 0 Å². The van der Waals surface area contributed by atoms with Gasteiger partial charge in [-0.1, -0.05) is 30.4 Å². The molecule has 3 rings (SSSR count). The van der Waals surface area contributed by atoms with Crippen LogP contribution >= 0.6 is 35.3 Å². The van der Waals surface area contributed by atoms with Crippen molar-refractivity contribution in [3.63, 3.8) is 0 Å². The van der Waals surface area contributed by atoms with Gasteiger partial charge in [0.1, 0.15) is 12.2 Å². The number of fused-ring (bicyclic) bond motifs is 1. The molecule has 27 heavy (non-hydrogen) atoms. The first kappa shape index (κ1) is 21.4. The van der Waals surface area contributed by atoms with Gasteiger partial charge in [-0.05, 0) is 12.1 Å². The number of rotatable bonds is 8. The van der Waals surface area contributed by atoms with Crippen LogP contribution in [0, 0.1) is 0 Å². The van der Waals surface area contributed by atoms with E-state index in [0.29, 0.717) is 0 Å². The molecule has 3 aromatic rings. The van der Waals surface area contributed by atoms with Crippen molar-refractivity contribution in [2.45, 2.75) is 19.9 Å². The van der Waals surface area contributed by atoms with Crippen molar-refractivity contribution < 1.29 is 0 Å². The van der Waals surface area contributed by atoms with Gasteiger partial charge in [0.15, 0.2) is 11.1 Å². The van der Waals surface area contributed by atoms with Crippen LogP contribution in [0.3, 0.4) is 0 Å². The summed E-state index contributed by atoms with van der Waals surface area (Å²) in [5, 5.41) is 18.9. The second kappa shape index (κ2) is 11.0. The number of nitrogens with one attached hydrogen (secondary N) is 3. The van der Waals surface area contributed by atoms with Gasteiger partial charge in [-0.25, -0.2) is 4.98 Å². The zero-order valence-corrected chi connectivity index (χ0v) is 18.6. The lowest BCUT2D eigenvalue weighted by Gasteiger charge is -2.12. The summed E-state index contributed by atoms with van der Waals surface area (Å²) in [7, 11) is 1.77. The smallest absolute Gasteiger partial charge is 0.191 e. The third kappa shape index (κ3) is 6.03. The number of guanidine groups is 1. The third-order valence-corrected chi connectivity index (χ3v) is 4.86. The molecule has 0 saturated carbocycles. The second-order valence-electron chi connectivity index (χ2n) is 5.63. The van der Waals surface area contributed by atoms with Crippen LogP contribution in [0.5, 0.6) is 0 Å². The standard InChI is InChI=1S/C17H24N8S.HI/c1-3-15-24-22-12-25(15)11-10-20-16(18-2)19-8-9-21-17-23-13-6-4-5-7-14(13)26-17;/h4-7,12H,3,8-11H2,1-2H3,(H,21,23)(H2,18,19,20);1H. The summed E-state index contributed by atoms with van der Waals surface area (Å²) in [6.45, 7) is 5.16. The number of aromatic nitrogens is 4. The molecule has 0 amide bonds. The molecule has 0 aliphatic carbocycles. The molecule has 3 N–H and O–H groups in total. The molecule has 10 heteroatoms. The van der Waals surface area contributed by atoms with Crippen molar-refractivity contribution in [3.05, 3.63) is 36.4 Å². The predicted molar refractivity (Wildman–Crippen MR) is 122 cm³/mol. The number of aliphatic imine (C=N–C) groups is 1. The zero-order valence-electron chi connectivity index (χ0n) is 15.5. The number of nitrogens with zero attached hydrogens (tertiary/aromatic N) is 5. The molecule has 8 nitrogen and oxygen atoms in total. The Morgan fingerprint density at radius 2 is 2.00 bits per heavy atom. The summed E-state index contributed by atoms with van der Waals surface area (Å²) < 4.78 is 3.25. The number of hydrogen-bond acceptors (Lipinski definition) is 6. The Morgan fingerprint density at radius 3 is 2.78 bits per heavy atom. The summed E-state index contributed by atoms with van der Waals surface area (Å²) >= 11 is 1.67. The van der Waals surface area contributed by atoms with Crippen molar-refractivity contribution in [1.82, 2.24) is 30.4 Å². The van der Waals surface area contributed by atoms with Crippen molar-refractivity contribution in [2.75, 3.05) is 32.0 Å². The molecule has 0 aliphatic heterocycles. The maximum absolute atomic E-state index is 4.56. The highest BCUT2D eigenvalue weighted by Crippen LogP contribution is 2.24. The summed E-state index contributed by atoms with van der Waals surface area (Å²) in [6, 6.07) is 8.15. The maximum atomic E-state index is 4.56. The minimum absolute atomic E-state index is 0. The molecule has 0 spiro atoms. The molecule has 0 aliphatic rings. The van der Waals surface area contributed by atoms with Gasteiger partial charge < -0.3 is 20.5 Å². The van der Waals surface area contributed by atoms with Gasteiger partial charge in [0, 0.05) is 39.6 Å². The van der Waals surface area contributed by atoms with E-state index in [4.69, 9.17) is 0 Å². The highest BCUT2D eigenvalue weighted by atomic mass is 127. The molecule has 1 aromatic carbocycles. The number of hydrogen-bond donors (Lipinski definition) is 3. The van der Waals surface area contributed by atoms with E-state index in [-0.39, 0.29) is 24.0 Å². The van der Waals surface area contributed by atoms with Gasteiger partial charge in [-0.2, -0.15) is 0 Å². The van der Waals surface area contributed by atoms with E-state index in [1.165, 1.54) is 4.70 Å². The Labute approximate surface area is 179 Å². The molecule has 2 aromatic heterocycles. The topological polar surface area (TPSA) is 92.0 Å². The fourth-order valence-electron chi connectivity index (χ4n) is 2.55. The van der Waals surface area contributed by atoms with Gasteiger partial charge >= 0.3 is 0 Å². The van der Waals surface area contributed by atoms with Crippen molar-refractivity contribution in [1.29, 1.82) is 0 Å². The molecule has 0 radical (unpaired) electrons. The van der Waals surface area contributed by atoms with Gasteiger partial charge in [-0.15, -0.1) is 34.2 Å². The molecule has 0 unspecified atom stereocenters. The monoisotopic (exact) mass is 500 g/mol. The number of para-hydroxylation sites is 1. The lowest BCUT2D eigenvalue weighted by Crippen LogP contribution is -2.40. The molecular weight excluding hydrogens is 475 g/mol. The molecule has 146 valence electrons. The Morgan fingerprint density at radius 1 is 1.19 bits per heavy atom. The van der Waals surface area contributed by atoms with Crippen LogP contribution in [0.15, 0.2) is 35.6 Å². The Hall–Kier alpha value is -1.95. The SMILES string of the molecule is CCc1nncn1CCNC(=NC)NCCNc1nc2ccccc2s1.I. The number of benzene rings is 1. The first-order valence-corrected chi connectivity index (χ1v) is 9.52. The quantitative estimate of drug-likeness (QED) is 0.190. The predicted octanol–water partition coefficient (Wildman–Crippen LogP) is 2.35. The van der Waals surface area contributed by atoms with Gasteiger partial charge in [0.25, 0.3) is 0 Å². The number of thiazole rings is 1. The van der Waals surface area contributed by atoms with Crippen LogP contribution in [0.4, 0.5) is 5.13 Å². The summed E-state index contributed by atoms with van der Waals surface area (Å²) in [4.78, 5) is 8.80. The number of aryl methyl sites for hydroxylation is 1. The zero-order chi connectivity index (χ0) is 18.2. The maximum Gasteiger partial charge on any atom is 0.191 e. The summed E-state index contributed by atoms with van der Waals surface area (Å²) in [5.74, 6) is 1.78. The van der Waals surface area contributed by atoms with Crippen molar-refractivity contribution in [2.24, 2.45) is 4.99 Å². The Bertz CT molecular complexity index is 826. The Kier molecular flexibility index (Phi) is 8.72. The summed E-state index contributed by atoms with van der Waals surface area (Å²) in [5.41, 5.74) is 1.03. The first-order chi connectivity index (χ1) is 12.8. The van der Waals surface area contributed by atoms with E-state index < -0.39 is 0 Å². The van der Waals surface area contributed by atoms with Gasteiger partial charge in [0.05, 0.1) is 10.2 Å². The third-order valence-electron chi connectivity index (χ3n) is 3.87. The van der Waals surface area contributed by atoms with Crippen LogP contribution < -0.4 is 16.0 Å². The van der Waals surface area contributed by atoms with Crippen LogP contribution in [0.1, 0.15) is 12.7 Å². The second-order valence-corrected chi connectivity index (χ2v) is 6.66. The molecule has 2 heterocycles. The Balaban J connectivity index is 0.00000261. The van der Waals surface area contributed by atoms with E-state index in [1.807, 2.05) is 18.2 Å². The first-order valence-electron chi connectivity index (χ1n) is 8.70. The van der Waals surface area contributed by atoms with Gasteiger partial charge in [0.2, 0.25) is 0 Å². The lowest BCUT2D eigenvalue weighted by molar-refractivity contribution is 0.633. The average molecular weight is 500 g/mol. The molecule has 0 fully saturated rings. The normalized spacial score (nSPS) is 11.3. The van der Waals surface area contributed by atoms with Crippen LogP contribution in [0.2, 0.25) is 0 Å². The highest BCUT2D eigenvalue weighted by Gasteiger charge is 2.03. The largest absolute Gasteiger partial charge is 0.360 e. The molecule has 0 bridgehead atoms. The van der Waals surface area contributed by atoms with Crippen LogP contribution in [-0.2, 0) is 13.0 Å². The summed E-state index contributed by atoms with van der Waals surface area (Å²) in [6.07, 6.45) is 2.64. The number of anilines is 1. The minimum atomic E-state index is 0. The minimum Gasteiger partial charge on any atom is -0.360 e. The van der Waals surface area contributed by atoms with E-state index in [9.17, 15) is 0 Å². The average Bonchev–Trinajstić information content (AvgIpc) is 3.29. The molecule has 0 atom stereocenters. The molecule has 0 saturated heterocycles. The number of halogens is 1. The van der Waals surface area contributed by atoms with E-state index >= 15 is 0 Å². The van der Waals surface area contributed by atoms with E-state index in [1.54, 1.807) is 24.7 Å². The highest BCUT2D eigenvalue weighted by molar-refractivity contribution is 14.0. The van der Waals surface area contributed by atoms with Crippen molar-refractivity contribution >= 4 is 56.6 Å². The van der Waals surface area contributed by atoms with Gasteiger partial charge in [-0.3, -0.25) is 4.99 Å². The fourth-order valence-corrected chi connectivity index (χ4v) is 3.44. The van der Waals surface area contributed by atoms with E-state index in [2.05, 4.69) is 53.7 Å². The van der Waals surface area contributed by atoms with E-state index in [0.717, 1.165) is 55.0 Å².